The highest BCUT2D eigenvalue weighted by Gasteiger charge is 2.28. The van der Waals surface area contributed by atoms with E-state index in [1.54, 1.807) is 0 Å². The second-order valence-electron chi connectivity index (χ2n) is 4.60. The summed E-state index contributed by atoms with van der Waals surface area (Å²) in [6.45, 7) is 0.373. The topological polar surface area (TPSA) is 102 Å². The Balaban J connectivity index is 1.94. The minimum Gasteiger partial charge on any atom is -0.440 e. The van der Waals surface area contributed by atoms with Crippen LogP contribution in [0.4, 0.5) is 0 Å². The molecule has 0 aliphatic heterocycles. The van der Waals surface area contributed by atoms with Crippen LogP contribution in [0.2, 0.25) is 0 Å². The average molecular weight is 272 g/mol. The molecule has 0 bridgehead atoms. The van der Waals surface area contributed by atoms with Crippen LogP contribution in [0.15, 0.2) is 21.6 Å². The van der Waals surface area contributed by atoms with Crippen molar-refractivity contribution in [1.82, 2.24) is 5.32 Å². The number of nitrogens with one attached hydrogen (secondary N) is 1. The van der Waals surface area contributed by atoms with E-state index in [1.165, 1.54) is 12.1 Å². The van der Waals surface area contributed by atoms with Gasteiger partial charge in [-0.1, -0.05) is 0 Å². The van der Waals surface area contributed by atoms with E-state index >= 15 is 0 Å². The minimum atomic E-state index is -3.42. The zero-order valence-corrected chi connectivity index (χ0v) is 10.9. The summed E-state index contributed by atoms with van der Waals surface area (Å²) in [6, 6.07) is 2.57. The van der Waals surface area contributed by atoms with Crippen molar-refractivity contribution in [1.29, 1.82) is 0 Å². The van der Waals surface area contributed by atoms with Crippen molar-refractivity contribution in [2.75, 3.05) is 12.8 Å². The molecule has 1 heterocycles. The van der Waals surface area contributed by atoms with Gasteiger partial charge in [-0.2, -0.15) is 0 Å². The third kappa shape index (κ3) is 3.11. The van der Waals surface area contributed by atoms with Crippen molar-refractivity contribution < 1.29 is 17.6 Å². The molecule has 0 radical (unpaired) electrons. The smallest absolute Gasteiger partial charge is 0.287 e. The van der Waals surface area contributed by atoms with Gasteiger partial charge in [0.05, 0.1) is 0 Å². The number of sulfone groups is 1. The Morgan fingerprint density at radius 2 is 2.22 bits per heavy atom. The summed E-state index contributed by atoms with van der Waals surface area (Å²) in [7, 11) is -3.42. The van der Waals surface area contributed by atoms with E-state index in [2.05, 4.69) is 5.32 Å². The summed E-state index contributed by atoms with van der Waals surface area (Å²) in [5.74, 6) is 0.0351. The maximum atomic E-state index is 11.7. The molecule has 1 atom stereocenters. The predicted molar refractivity (Wildman–Crippen MR) is 64.9 cm³/mol. The van der Waals surface area contributed by atoms with Crippen LogP contribution in [0, 0.1) is 5.92 Å². The second kappa shape index (κ2) is 4.74. The molecule has 1 unspecified atom stereocenters. The molecule has 0 saturated heterocycles. The van der Waals surface area contributed by atoms with Gasteiger partial charge in [-0.05, 0) is 30.9 Å². The fourth-order valence-electron chi connectivity index (χ4n) is 1.63. The highest BCUT2D eigenvalue weighted by atomic mass is 32.2. The highest BCUT2D eigenvalue weighted by Crippen LogP contribution is 2.31. The second-order valence-corrected chi connectivity index (χ2v) is 6.55. The molecular formula is C11H16N2O4S. The van der Waals surface area contributed by atoms with Crippen molar-refractivity contribution >= 4 is 15.7 Å². The molecule has 2 rings (SSSR count). The standard InChI is InChI=1S/C11H16N2O4S/c1-18(15,16)10-5-4-9(17-10)11(14)13-6-8(12)7-2-3-7/h4-5,7-8H,2-3,6,12H2,1H3,(H,13,14). The van der Waals surface area contributed by atoms with E-state index in [0.717, 1.165) is 19.1 Å². The predicted octanol–water partition coefficient (Wildman–Crippen LogP) is 0.150. The van der Waals surface area contributed by atoms with Crippen LogP contribution in [-0.2, 0) is 9.84 Å². The first-order valence-corrected chi connectivity index (χ1v) is 7.61. The Kier molecular flexibility index (Phi) is 3.45. The van der Waals surface area contributed by atoms with Gasteiger partial charge in [0, 0.05) is 18.8 Å². The Morgan fingerprint density at radius 1 is 1.56 bits per heavy atom. The largest absolute Gasteiger partial charge is 0.440 e. The monoisotopic (exact) mass is 272 g/mol. The number of hydrogen-bond donors (Lipinski definition) is 2. The minimum absolute atomic E-state index is 0.0154. The molecule has 1 amide bonds. The number of nitrogens with two attached hydrogens (primary N) is 1. The van der Waals surface area contributed by atoms with Crippen molar-refractivity contribution in [2.45, 2.75) is 24.0 Å². The third-order valence-corrected chi connectivity index (χ3v) is 3.85. The maximum Gasteiger partial charge on any atom is 0.287 e. The lowest BCUT2D eigenvalue weighted by molar-refractivity contribution is 0.0917. The molecule has 3 N–H and O–H groups in total. The first kappa shape index (κ1) is 13.1. The summed E-state index contributed by atoms with van der Waals surface area (Å²) >= 11 is 0. The molecule has 18 heavy (non-hydrogen) atoms. The fourth-order valence-corrected chi connectivity index (χ4v) is 2.19. The molecule has 0 aromatic carbocycles. The molecule has 1 aliphatic carbocycles. The molecule has 1 fully saturated rings. The summed E-state index contributed by atoms with van der Waals surface area (Å²) in [5.41, 5.74) is 5.84. The summed E-state index contributed by atoms with van der Waals surface area (Å²) < 4.78 is 27.4. The fraction of sp³-hybridized carbons (Fsp3) is 0.545. The van der Waals surface area contributed by atoms with Gasteiger partial charge < -0.3 is 15.5 Å². The Labute approximate surface area is 105 Å². The van der Waals surface area contributed by atoms with Crippen LogP contribution < -0.4 is 11.1 Å². The molecule has 1 aromatic heterocycles. The van der Waals surface area contributed by atoms with Crippen LogP contribution in [0.5, 0.6) is 0 Å². The molecule has 1 saturated carbocycles. The first-order chi connectivity index (χ1) is 8.38. The van der Waals surface area contributed by atoms with Gasteiger partial charge in [0.1, 0.15) is 0 Å². The molecule has 1 aromatic rings. The molecule has 6 nitrogen and oxygen atoms in total. The third-order valence-electron chi connectivity index (χ3n) is 2.90. The lowest BCUT2D eigenvalue weighted by atomic mass is 10.2. The number of carbonyl (C=O) groups is 1. The van der Waals surface area contributed by atoms with E-state index in [4.69, 9.17) is 10.2 Å². The van der Waals surface area contributed by atoms with Crippen LogP contribution >= 0.6 is 0 Å². The Hall–Kier alpha value is -1.34. The molecule has 7 heteroatoms. The zero-order valence-electron chi connectivity index (χ0n) is 10.0. The average Bonchev–Trinajstić information content (AvgIpc) is 3.00. The molecular weight excluding hydrogens is 256 g/mol. The quantitative estimate of drug-likeness (QED) is 0.794. The first-order valence-electron chi connectivity index (χ1n) is 5.71. The molecule has 0 spiro atoms. The van der Waals surface area contributed by atoms with Crippen molar-refractivity contribution in [3.8, 4) is 0 Å². The summed E-state index contributed by atoms with van der Waals surface area (Å²) in [6.07, 6.45) is 3.24. The van der Waals surface area contributed by atoms with Crippen LogP contribution in [-0.4, -0.2) is 33.2 Å². The van der Waals surface area contributed by atoms with E-state index in [-0.39, 0.29) is 16.9 Å². The number of hydrogen-bond acceptors (Lipinski definition) is 5. The van der Waals surface area contributed by atoms with Gasteiger partial charge in [0.25, 0.3) is 5.91 Å². The van der Waals surface area contributed by atoms with E-state index in [9.17, 15) is 13.2 Å². The maximum absolute atomic E-state index is 11.7. The number of amides is 1. The molecule has 1 aliphatic rings. The number of furan rings is 1. The van der Waals surface area contributed by atoms with Gasteiger partial charge in [0.2, 0.25) is 14.9 Å². The normalized spacial score (nSPS) is 17.4. The van der Waals surface area contributed by atoms with E-state index in [0.29, 0.717) is 12.5 Å². The Morgan fingerprint density at radius 3 is 2.72 bits per heavy atom. The summed E-state index contributed by atoms with van der Waals surface area (Å²) in [4.78, 5) is 11.7. The van der Waals surface area contributed by atoms with Crippen LogP contribution in [0.25, 0.3) is 0 Å². The van der Waals surface area contributed by atoms with Gasteiger partial charge in [0.15, 0.2) is 5.76 Å². The van der Waals surface area contributed by atoms with Gasteiger partial charge in [-0.25, -0.2) is 8.42 Å². The van der Waals surface area contributed by atoms with Crippen molar-refractivity contribution in [2.24, 2.45) is 11.7 Å². The highest BCUT2D eigenvalue weighted by molar-refractivity contribution is 7.90. The van der Waals surface area contributed by atoms with E-state index in [1.807, 2.05) is 0 Å². The van der Waals surface area contributed by atoms with Crippen molar-refractivity contribution in [3.05, 3.63) is 17.9 Å². The van der Waals surface area contributed by atoms with Crippen molar-refractivity contribution in [3.63, 3.8) is 0 Å². The summed E-state index contributed by atoms with van der Waals surface area (Å²) in [5, 5.41) is 2.42. The van der Waals surface area contributed by atoms with Gasteiger partial charge in [-0.3, -0.25) is 4.79 Å². The SMILES string of the molecule is CS(=O)(=O)c1ccc(C(=O)NCC(N)C2CC2)o1. The van der Waals surface area contributed by atoms with Crippen LogP contribution in [0.3, 0.4) is 0 Å². The lowest BCUT2D eigenvalue weighted by Crippen LogP contribution is -2.38. The molecule has 100 valence electrons. The van der Waals surface area contributed by atoms with Crippen LogP contribution in [0.1, 0.15) is 23.4 Å². The number of rotatable bonds is 5. The van der Waals surface area contributed by atoms with Gasteiger partial charge in [-0.15, -0.1) is 0 Å². The Bertz CT molecular complexity index is 545. The van der Waals surface area contributed by atoms with Gasteiger partial charge >= 0.3 is 0 Å². The number of carbonyl (C=O) groups excluding carboxylic acids is 1. The lowest BCUT2D eigenvalue weighted by Gasteiger charge is -2.10. The van der Waals surface area contributed by atoms with E-state index < -0.39 is 15.7 Å². The zero-order chi connectivity index (χ0) is 13.3.